The molecule has 0 fully saturated rings. The standard InChI is InChI=1S/C23H22N6O3.H2/c1-14-20(21-27-28-23(32-21)26-17-7-5-6-8-19(17)31-4)25-18(13-24-14)15-9-11-16(12-10-15)22(30)29(2)3;/h5-13H,1-4H3,(H,26,28);1H. The molecule has 0 saturated carbocycles. The molecule has 0 radical (unpaired) electrons. The average molecular weight is 432 g/mol. The SMILES string of the molecule is COc1ccccc1Nc1nnc(-c2nc(-c3ccc(C(=O)N(C)C)cc3)cnc2C)o1.[HH]. The Kier molecular flexibility index (Phi) is 5.80. The van der Waals surface area contributed by atoms with Crippen LogP contribution >= 0.6 is 0 Å². The van der Waals surface area contributed by atoms with Crippen molar-refractivity contribution in [2.75, 3.05) is 26.5 Å². The highest BCUT2D eigenvalue weighted by Gasteiger charge is 2.16. The van der Waals surface area contributed by atoms with Gasteiger partial charge in [-0.2, -0.15) is 0 Å². The van der Waals surface area contributed by atoms with E-state index in [-0.39, 0.29) is 19.2 Å². The molecule has 0 aliphatic rings. The molecular formula is C23H24N6O3. The van der Waals surface area contributed by atoms with Crippen LogP contribution in [0.25, 0.3) is 22.8 Å². The first kappa shape index (κ1) is 21.0. The third-order valence-electron chi connectivity index (χ3n) is 4.77. The van der Waals surface area contributed by atoms with Gasteiger partial charge >= 0.3 is 6.01 Å². The normalized spacial score (nSPS) is 10.6. The number of rotatable bonds is 6. The second kappa shape index (κ2) is 8.84. The van der Waals surface area contributed by atoms with Crippen molar-refractivity contribution in [1.82, 2.24) is 25.1 Å². The van der Waals surface area contributed by atoms with Crippen LogP contribution in [0.5, 0.6) is 5.75 Å². The fraction of sp³-hybridized carbons (Fsp3) is 0.174. The first-order valence-electron chi connectivity index (χ1n) is 9.86. The Labute approximate surface area is 186 Å². The molecule has 0 saturated heterocycles. The zero-order valence-corrected chi connectivity index (χ0v) is 18.2. The number of carbonyl (C=O) groups is 1. The largest absolute Gasteiger partial charge is 0.495 e. The van der Waals surface area contributed by atoms with Crippen molar-refractivity contribution in [3.05, 3.63) is 66.0 Å². The van der Waals surface area contributed by atoms with Crippen molar-refractivity contribution >= 4 is 17.6 Å². The number of hydrogen-bond acceptors (Lipinski definition) is 8. The number of aryl methyl sites for hydroxylation is 1. The van der Waals surface area contributed by atoms with Crippen LogP contribution in [0.1, 0.15) is 17.5 Å². The number of carbonyl (C=O) groups excluding carboxylic acids is 1. The van der Waals surface area contributed by atoms with Crippen molar-refractivity contribution in [1.29, 1.82) is 0 Å². The predicted molar refractivity (Wildman–Crippen MR) is 122 cm³/mol. The van der Waals surface area contributed by atoms with Crippen molar-refractivity contribution in [2.24, 2.45) is 0 Å². The maximum Gasteiger partial charge on any atom is 0.320 e. The molecule has 2 aromatic carbocycles. The Bertz CT molecular complexity index is 1260. The van der Waals surface area contributed by atoms with Crippen LogP contribution in [0.3, 0.4) is 0 Å². The van der Waals surface area contributed by atoms with Gasteiger partial charge in [0.2, 0.25) is 0 Å². The first-order chi connectivity index (χ1) is 15.5. The Hall–Kier alpha value is -4.27. The fourth-order valence-corrected chi connectivity index (χ4v) is 3.07. The number of hydrogen-bond donors (Lipinski definition) is 1. The van der Waals surface area contributed by atoms with Crippen LogP contribution in [0.15, 0.2) is 59.1 Å². The van der Waals surface area contributed by atoms with Crippen LogP contribution < -0.4 is 10.1 Å². The van der Waals surface area contributed by atoms with Crippen LogP contribution in [-0.4, -0.2) is 52.2 Å². The maximum absolute atomic E-state index is 12.1. The highest BCUT2D eigenvalue weighted by Crippen LogP contribution is 2.29. The number of benzene rings is 2. The second-order valence-electron chi connectivity index (χ2n) is 7.20. The molecule has 4 rings (SSSR count). The summed E-state index contributed by atoms with van der Waals surface area (Å²) in [7, 11) is 5.03. The van der Waals surface area contributed by atoms with E-state index in [1.807, 2.05) is 43.3 Å². The molecular weight excluding hydrogens is 408 g/mol. The zero-order chi connectivity index (χ0) is 22.7. The summed E-state index contributed by atoms with van der Waals surface area (Å²) in [5.41, 5.74) is 3.89. The Morgan fingerprint density at radius 1 is 1.09 bits per heavy atom. The Morgan fingerprint density at radius 3 is 2.56 bits per heavy atom. The van der Waals surface area contributed by atoms with Crippen LogP contribution in [-0.2, 0) is 0 Å². The van der Waals surface area contributed by atoms with Crippen molar-refractivity contribution < 1.29 is 15.4 Å². The van der Waals surface area contributed by atoms with E-state index in [9.17, 15) is 4.79 Å². The quantitative estimate of drug-likeness (QED) is 0.483. The molecule has 9 nitrogen and oxygen atoms in total. The van der Waals surface area contributed by atoms with Gasteiger partial charge in [-0.15, -0.1) is 5.10 Å². The van der Waals surface area contributed by atoms with E-state index >= 15 is 0 Å². The van der Waals surface area contributed by atoms with Gasteiger partial charge in [0, 0.05) is 26.6 Å². The topological polar surface area (TPSA) is 106 Å². The van der Waals surface area contributed by atoms with E-state index in [0.29, 0.717) is 34.1 Å². The average Bonchev–Trinajstić information content (AvgIpc) is 3.27. The molecule has 2 aromatic heterocycles. The van der Waals surface area contributed by atoms with Crippen LogP contribution in [0.4, 0.5) is 11.7 Å². The molecule has 0 spiro atoms. The predicted octanol–water partition coefficient (Wildman–Crippen LogP) is 4.20. The van der Waals surface area contributed by atoms with Gasteiger partial charge in [-0.1, -0.05) is 29.4 Å². The summed E-state index contributed by atoms with van der Waals surface area (Å²) >= 11 is 0. The summed E-state index contributed by atoms with van der Waals surface area (Å²) in [5, 5.41) is 11.2. The second-order valence-corrected chi connectivity index (χ2v) is 7.20. The lowest BCUT2D eigenvalue weighted by Crippen LogP contribution is -2.21. The lowest BCUT2D eigenvalue weighted by molar-refractivity contribution is 0.0827. The van der Waals surface area contributed by atoms with Gasteiger partial charge in [-0.05, 0) is 31.2 Å². The van der Waals surface area contributed by atoms with Crippen molar-refractivity contribution in [3.8, 4) is 28.6 Å². The number of nitrogens with one attached hydrogen (secondary N) is 1. The van der Waals surface area contributed by atoms with Gasteiger partial charge in [-0.3, -0.25) is 9.78 Å². The van der Waals surface area contributed by atoms with Crippen molar-refractivity contribution in [2.45, 2.75) is 6.92 Å². The molecule has 2 heterocycles. The summed E-state index contributed by atoms with van der Waals surface area (Å²) in [6.45, 7) is 1.82. The van der Waals surface area contributed by atoms with Gasteiger partial charge in [0.25, 0.3) is 11.8 Å². The molecule has 0 bridgehead atoms. The van der Waals surface area contributed by atoms with Crippen molar-refractivity contribution in [3.63, 3.8) is 0 Å². The highest BCUT2D eigenvalue weighted by atomic mass is 16.5. The monoisotopic (exact) mass is 432 g/mol. The number of amides is 1. The molecule has 1 N–H and O–H groups in total. The van der Waals surface area contributed by atoms with E-state index in [4.69, 9.17) is 9.15 Å². The minimum absolute atomic E-state index is 0. The molecule has 164 valence electrons. The smallest absolute Gasteiger partial charge is 0.320 e. The van der Waals surface area contributed by atoms with Crippen LogP contribution in [0.2, 0.25) is 0 Å². The minimum atomic E-state index is -0.0619. The highest BCUT2D eigenvalue weighted by molar-refractivity contribution is 5.94. The summed E-state index contributed by atoms with van der Waals surface area (Å²) < 4.78 is 11.1. The summed E-state index contributed by atoms with van der Waals surface area (Å²) in [5.74, 6) is 0.836. The third-order valence-corrected chi connectivity index (χ3v) is 4.77. The van der Waals surface area contributed by atoms with E-state index in [1.165, 1.54) is 4.90 Å². The van der Waals surface area contributed by atoms with Crippen LogP contribution in [0, 0.1) is 6.92 Å². The molecule has 4 aromatic rings. The maximum atomic E-state index is 12.1. The summed E-state index contributed by atoms with van der Waals surface area (Å²) in [6.07, 6.45) is 1.67. The Morgan fingerprint density at radius 2 is 1.84 bits per heavy atom. The van der Waals surface area contributed by atoms with E-state index in [1.54, 1.807) is 39.5 Å². The molecule has 9 heteroatoms. The van der Waals surface area contributed by atoms with E-state index in [2.05, 4.69) is 25.5 Å². The summed E-state index contributed by atoms with van der Waals surface area (Å²) in [6, 6.07) is 14.8. The minimum Gasteiger partial charge on any atom is -0.495 e. The van der Waals surface area contributed by atoms with Gasteiger partial charge in [-0.25, -0.2) is 4.98 Å². The number of nitrogens with zero attached hydrogens (tertiary/aromatic N) is 5. The van der Waals surface area contributed by atoms with E-state index < -0.39 is 0 Å². The lowest BCUT2D eigenvalue weighted by atomic mass is 10.1. The van der Waals surface area contributed by atoms with E-state index in [0.717, 1.165) is 5.56 Å². The molecule has 0 unspecified atom stereocenters. The Balaban J connectivity index is 0.00000306. The number of aromatic nitrogens is 4. The summed E-state index contributed by atoms with van der Waals surface area (Å²) in [4.78, 5) is 22.7. The fourth-order valence-electron chi connectivity index (χ4n) is 3.07. The molecule has 32 heavy (non-hydrogen) atoms. The van der Waals surface area contributed by atoms with Gasteiger partial charge < -0.3 is 19.4 Å². The third kappa shape index (κ3) is 4.27. The lowest BCUT2D eigenvalue weighted by Gasteiger charge is -2.10. The van der Waals surface area contributed by atoms with Gasteiger partial charge in [0.15, 0.2) is 0 Å². The number of anilines is 2. The van der Waals surface area contributed by atoms with Gasteiger partial charge in [0.05, 0.1) is 30.4 Å². The number of para-hydroxylation sites is 2. The molecule has 0 aliphatic heterocycles. The van der Waals surface area contributed by atoms with Gasteiger partial charge in [0.1, 0.15) is 11.4 Å². The molecule has 0 aliphatic carbocycles. The molecule has 0 atom stereocenters. The first-order valence-corrected chi connectivity index (χ1v) is 9.86. The number of methoxy groups -OCH3 is 1. The zero-order valence-electron chi connectivity index (χ0n) is 18.2. The number of ether oxygens (including phenoxy) is 1. The molecule has 1 amide bonds.